The fourth-order valence-electron chi connectivity index (χ4n) is 3.35. The minimum absolute atomic E-state index is 0.0120. The van der Waals surface area contributed by atoms with Gasteiger partial charge in [0, 0.05) is 22.8 Å². The van der Waals surface area contributed by atoms with Crippen molar-refractivity contribution in [3.05, 3.63) is 83.2 Å². The fraction of sp³-hybridized carbons (Fsp3) is 0.355. The summed E-state index contributed by atoms with van der Waals surface area (Å²) in [6, 6.07) is 11.1. The first kappa shape index (κ1) is 32.0. The van der Waals surface area contributed by atoms with Crippen molar-refractivity contribution in [1.82, 2.24) is 0 Å². The Morgan fingerprint density at radius 2 is 1.66 bits per heavy atom. The summed E-state index contributed by atoms with van der Waals surface area (Å²) < 4.78 is 0. The van der Waals surface area contributed by atoms with Crippen LogP contribution in [0.15, 0.2) is 72.0 Å². The Morgan fingerprint density at radius 3 is 2.18 bits per heavy atom. The zero-order chi connectivity index (χ0) is 28.8. The molecular formula is C31H40O7. The van der Waals surface area contributed by atoms with Crippen molar-refractivity contribution in [1.29, 1.82) is 0 Å². The summed E-state index contributed by atoms with van der Waals surface area (Å²) in [5.41, 5.74) is 4.35. The van der Waals surface area contributed by atoms with Crippen LogP contribution < -0.4 is 4.89 Å². The number of aromatic hydroxyl groups is 1. The van der Waals surface area contributed by atoms with Crippen LogP contribution in [-0.4, -0.2) is 27.3 Å². The highest BCUT2D eigenvalue weighted by molar-refractivity contribution is 5.73. The smallest absolute Gasteiger partial charge is 0.307 e. The molecule has 0 aliphatic heterocycles. The summed E-state index contributed by atoms with van der Waals surface area (Å²) in [6.45, 7) is 15.3. The molecule has 1 atom stereocenters. The summed E-state index contributed by atoms with van der Waals surface area (Å²) in [5, 5.41) is 28.9. The highest BCUT2D eigenvalue weighted by atomic mass is 17.2. The molecule has 3 N–H and O–H groups in total. The molecule has 0 heterocycles. The highest BCUT2D eigenvalue weighted by Gasteiger charge is 2.16. The molecule has 0 aromatic heterocycles. The van der Waals surface area contributed by atoms with Crippen LogP contribution in [-0.2, 0) is 20.9 Å². The SMILES string of the molecule is C=C(CC(=O)O)/C(=C\C=C(/C)CC(C)C(=O)O)OOc1cc(O)c(-c2ccc(C)cc2)cc1CC.CCC. The Kier molecular flexibility index (Phi) is 13.5. The third-order valence-electron chi connectivity index (χ3n) is 5.43. The van der Waals surface area contributed by atoms with Gasteiger partial charge in [-0.2, -0.15) is 0 Å². The lowest BCUT2D eigenvalue weighted by Gasteiger charge is -2.15. The number of benzene rings is 2. The quantitative estimate of drug-likeness (QED) is 0.113. The van der Waals surface area contributed by atoms with Crippen molar-refractivity contribution in [3.8, 4) is 22.6 Å². The molecule has 2 aromatic carbocycles. The standard InChI is InChI=1S/C28H32O7.C3H8/c1-6-21-15-23(22-10-7-17(2)8-11-22)24(29)16-26(21)35-34-25(19(4)14-27(30)31)12-9-18(3)13-20(5)28(32)33;1-3-2/h7-12,15-16,20,29H,4,6,13-14H2,1-3,5H3,(H,30,31)(H,32,33);3H2,1-2H3/b18-9+,25-12+;. The van der Waals surface area contributed by atoms with Gasteiger partial charge in [0.1, 0.15) is 5.75 Å². The lowest BCUT2D eigenvalue weighted by atomic mass is 9.99. The third-order valence-corrected chi connectivity index (χ3v) is 5.43. The maximum absolute atomic E-state index is 11.2. The summed E-state index contributed by atoms with van der Waals surface area (Å²) >= 11 is 0. The molecule has 0 aliphatic carbocycles. The largest absolute Gasteiger partial charge is 0.507 e. The predicted molar refractivity (Wildman–Crippen MR) is 150 cm³/mol. The van der Waals surface area contributed by atoms with E-state index in [0.717, 1.165) is 22.3 Å². The Morgan fingerprint density at radius 1 is 1.05 bits per heavy atom. The Labute approximate surface area is 225 Å². The van der Waals surface area contributed by atoms with Gasteiger partial charge in [0.25, 0.3) is 0 Å². The first-order valence-electron chi connectivity index (χ1n) is 12.7. The topological polar surface area (TPSA) is 113 Å². The van der Waals surface area contributed by atoms with Gasteiger partial charge in [-0.1, -0.05) is 82.2 Å². The van der Waals surface area contributed by atoms with Crippen LogP contribution in [0.25, 0.3) is 11.1 Å². The van der Waals surface area contributed by atoms with Crippen LogP contribution in [0, 0.1) is 12.8 Å². The number of carbonyl (C=O) groups is 2. The molecule has 0 saturated carbocycles. The van der Waals surface area contributed by atoms with E-state index in [4.69, 9.17) is 20.0 Å². The van der Waals surface area contributed by atoms with E-state index in [9.17, 15) is 14.7 Å². The van der Waals surface area contributed by atoms with Crippen LogP contribution in [0.1, 0.15) is 65.0 Å². The zero-order valence-electron chi connectivity index (χ0n) is 23.2. The van der Waals surface area contributed by atoms with E-state index in [0.29, 0.717) is 18.4 Å². The van der Waals surface area contributed by atoms with Gasteiger partial charge in [-0.25, -0.2) is 0 Å². The molecule has 7 nitrogen and oxygen atoms in total. The minimum atomic E-state index is -1.08. The van der Waals surface area contributed by atoms with E-state index in [1.165, 1.54) is 18.6 Å². The van der Waals surface area contributed by atoms with Gasteiger partial charge in [0.2, 0.25) is 0 Å². The second kappa shape index (κ2) is 16.0. The van der Waals surface area contributed by atoms with E-state index in [-0.39, 0.29) is 29.3 Å². The molecule has 0 radical (unpaired) electrons. The first-order chi connectivity index (χ1) is 17.9. The number of phenols is 1. The van der Waals surface area contributed by atoms with Gasteiger partial charge in [-0.15, -0.1) is 0 Å². The molecule has 1 unspecified atom stereocenters. The Hall–Kier alpha value is -4.00. The maximum Gasteiger partial charge on any atom is 0.307 e. The summed E-state index contributed by atoms with van der Waals surface area (Å²) in [5.74, 6) is -2.17. The zero-order valence-corrected chi connectivity index (χ0v) is 23.2. The second-order valence-corrected chi connectivity index (χ2v) is 9.23. The fourth-order valence-corrected chi connectivity index (χ4v) is 3.35. The molecule has 0 spiro atoms. The van der Waals surface area contributed by atoms with Gasteiger partial charge in [0.15, 0.2) is 11.5 Å². The summed E-state index contributed by atoms with van der Waals surface area (Å²) in [7, 11) is 0. The molecule has 2 rings (SSSR count). The van der Waals surface area contributed by atoms with Gasteiger partial charge in [0.05, 0.1) is 12.3 Å². The molecule has 0 saturated heterocycles. The molecule has 206 valence electrons. The lowest BCUT2D eigenvalue weighted by Crippen LogP contribution is -2.09. The number of aliphatic carboxylic acids is 2. The second-order valence-electron chi connectivity index (χ2n) is 9.23. The molecule has 0 amide bonds. The first-order valence-corrected chi connectivity index (χ1v) is 12.7. The highest BCUT2D eigenvalue weighted by Crippen LogP contribution is 2.36. The van der Waals surface area contributed by atoms with Crippen LogP contribution in [0.4, 0.5) is 0 Å². The molecular weight excluding hydrogens is 484 g/mol. The average molecular weight is 525 g/mol. The van der Waals surface area contributed by atoms with Crippen LogP contribution >= 0.6 is 0 Å². The number of carboxylic acids is 2. The van der Waals surface area contributed by atoms with Gasteiger partial charge in [-0.3, -0.25) is 19.4 Å². The summed E-state index contributed by atoms with van der Waals surface area (Å²) in [4.78, 5) is 33.3. The lowest BCUT2D eigenvalue weighted by molar-refractivity contribution is -0.164. The maximum atomic E-state index is 11.2. The van der Waals surface area contributed by atoms with E-state index < -0.39 is 17.9 Å². The number of carboxylic acid groups (broad SMARTS) is 2. The Balaban J connectivity index is 0.00000229. The minimum Gasteiger partial charge on any atom is -0.507 e. The number of allylic oxidation sites excluding steroid dienone is 4. The monoisotopic (exact) mass is 524 g/mol. The van der Waals surface area contributed by atoms with Crippen molar-refractivity contribution < 1.29 is 34.7 Å². The number of hydrogen-bond donors (Lipinski definition) is 3. The van der Waals surface area contributed by atoms with E-state index in [1.54, 1.807) is 19.9 Å². The van der Waals surface area contributed by atoms with Crippen LogP contribution in [0.3, 0.4) is 0 Å². The molecule has 7 heteroatoms. The number of hydrogen-bond acceptors (Lipinski definition) is 5. The van der Waals surface area contributed by atoms with Crippen molar-refractivity contribution in [2.75, 3.05) is 0 Å². The van der Waals surface area contributed by atoms with Gasteiger partial charge >= 0.3 is 11.9 Å². The molecule has 0 aliphatic rings. The van der Waals surface area contributed by atoms with Crippen LogP contribution in [0.5, 0.6) is 11.5 Å². The molecule has 0 fully saturated rings. The van der Waals surface area contributed by atoms with Crippen LogP contribution in [0.2, 0.25) is 0 Å². The number of rotatable bonds is 12. The normalized spacial score (nSPS) is 12.2. The average Bonchev–Trinajstić information content (AvgIpc) is 2.84. The van der Waals surface area contributed by atoms with E-state index >= 15 is 0 Å². The molecule has 2 aromatic rings. The molecule has 38 heavy (non-hydrogen) atoms. The third kappa shape index (κ3) is 10.5. The van der Waals surface area contributed by atoms with Crippen molar-refractivity contribution in [3.63, 3.8) is 0 Å². The summed E-state index contributed by atoms with van der Waals surface area (Å²) in [6.07, 6.45) is 4.94. The van der Waals surface area contributed by atoms with Crippen molar-refractivity contribution in [2.24, 2.45) is 5.92 Å². The van der Waals surface area contributed by atoms with Crippen molar-refractivity contribution in [2.45, 2.75) is 67.2 Å². The Bertz CT molecular complexity index is 1160. The van der Waals surface area contributed by atoms with E-state index in [1.807, 2.05) is 44.2 Å². The predicted octanol–water partition coefficient (Wildman–Crippen LogP) is 7.63. The van der Waals surface area contributed by atoms with Crippen molar-refractivity contribution >= 4 is 11.9 Å². The molecule has 0 bridgehead atoms. The number of aryl methyl sites for hydroxylation is 2. The number of phenolic OH excluding ortho intramolecular Hbond substituents is 1. The van der Waals surface area contributed by atoms with E-state index in [2.05, 4.69) is 20.4 Å². The van der Waals surface area contributed by atoms with Gasteiger partial charge < -0.3 is 15.3 Å². The van der Waals surface area contributed by atoms with Gasteiger partial charge in [-0.05, 0) is 44.4 Å².